The second kappa shape index (κ2) is 8.24. The van der Waals surface area contributed by atoms with Gasteiger partial charge in [-0.1, -0.05) is 11.6 Å². The van der Waals surface area contributed by atoms with Crippen LogP contribution in [0, 0.1) is 0 Å². The zero-order chi connectivity index (χ0) is 19.3. The molecule has 2 aromatic carbocycles. The lowest BCUT2D eigenvalue weighted by atomic mass is 10.2. The van der Waals surface area contributed by atoms with Gasteiger partial charge < -0.3 is 10.1 Å². The van der Waals surface area contributed by atoms with Crippen molar-refractivity contribution in [1.29, 1.82) is 0 Å². The molecule has 0 aliphatic rings. The first-order valence-electron chi connectivity index (χ1n) is 7.05. The molecule has 2 rings (SSSR count). The second-order valence-electron chi connectivity index (χ2n) is 4.96. The molecule has 1 amide bonds. The topological polar surface area (TPSA) is 89.5 Å². The lowest BCUT2D eigenvalue weighted by Crippen LogP contribution is -2.21. The number of carbonyl (C=O) groups excluding carboxylic acids is 2. The largest absolute Gasteiger partial charge is 0.452 e. The first-order valence-corrected chi connectivity index (χ1v) is 8.97. The summed E-state index contributed by atoms with van der Waals surface area (Å²) in [7, 11) is -4.70. The van der Waals surface area contributed by atoms with E-state index in [4.69, 9.17) is 16.3 Å². The summed E-state index contributed by atoms with van der Waals surface area (Å²) in [5.41, 5.74) is 0.370. The minimum Gasteiger partial charge on any atom is -0.452 e. The van der Waals surface area contributed by atoms with Crippen molar-refractivity contribution in [2.45, 2.75) is 10.7 Å². The number of nitrogens with one attached hydrogen (secondary N) is 1. The number of alkyl halides is 2. The summed E-state index contributed by atoms with van der Waals surface area (Å²) < 4.78 is 52.3. The Bertz CT molecular complexity index is 899. The van der Waals surface area contributed by atoms with Crippen LogP contribution in [0.4, 0.5) is 14.5 Å². The fourth-order valence-electron chi connectivity index (χ4n) is 1.83. The summed E-state index contributed by atoms with van der Waals surface area (Å²) in [4.78, 5) is 22.9. The van der Waals surface area contributed by atoms with Crippen LogP contribution in [-0.2, 0) is 19.4 Å². The van der Waals surface area contributed by atoms with Crippen LogP contribution in [0.1, 0.15) is 10.4 Å². The lowest BCUT2D eigenvalue weighted by molar-refractivity contribution is -0.119. The summed E-state index contributed by atoms with van der Waals surface area (Å²) >= 11 is 5.70. The quantitative estimate of drug-likeness (QED) is 0.748. The molecule has 0 spiro atoms. The van der Waals surface area contributed by atoms with E-state index in [1.54, 1.807) is 0 Å². The third-order valence-corrected chi connectivity index (χ3v) is 4.77. The number of anilines is 1. The third-order valence-electron chi connectivity index (χ3n) is 3.12. The molecule has 6 nitrogen and oxygen atoms in total. The number of amides is 1. The van der Waals surface area contributed by atoms with Gasteiger partial charge in [0, 0.05) is 10.7 Å². The second-order valence-corrected chi connectivity index (χ2v) is 7.32. The van der Waals surface area contributed by atoms with E-state index in [0.717, 1.165) is 24.3 Å². The van der Waals surface area contributed by atoms with Gasteiger partial charge in [-0.05, 0) is 48.5 Å². The Morgan fingerprint density at radius 2 is 1.62 bits per heavy atom. The molecule has 0 atom stereocenters. The third kappa shape index (κ3) is 4.99. The number of sulfone groups is 1. The van der Waals surface area contributed by atoms with Crippen molar-refractivity contribution in [2.24, 2.45) is 0 Å². The van der Waals surface area contributed by atoms with Crippen molar-refractivity contribution < 1.29 is 31.5 Å². The van der Waals surface area contributed by atoms with E-state index < -0.39 is 39.0 Å². The SMILES string of the molecule is O=C(COC(=O)c1ccc(Cl)cc1)Nc1ccc(S(=O)(=O)C(F)F)cc1. The minimum atomic E-state index is -4.70. The van der Waals surface area contributed by atoms with Gasteiger partial charge in [0.15, 0.2) is 6.61 Å². The standard InChI is InChI=1S/C16H12ClF2NO5S/c17-11-3-1-10(2-4-11)15(22)25-9-14(21)20-12-5-7-13(8-6-12)26(23,24)16(18)19/h1-8,16H,9H2,(H,20,21). The summed E-state index contributed by atoms with van der Waals surface area (Å²) in [6.45, 7) is -0.585. The Morgan fingerprint density at radius 3 is 2.15 bits per heavy atom. The van der Waals surface area contributed by atoms with Gasteiger partial charge in [0.2, 0.25) is 9.84 Å². The van der Waals surface area contributed by atoms with E-state index >= 15 is 0 Å². The van der Waals surface area contributed by atoms with Crippen molar-refractivity contribution >= 4 is 39.0 Å². The maximum atomic E-state index is 12.4. The van der Waals surface area contributed by atoms with E-state index in [0.29, 0.717) is 5.02 Å². The molecule has 0 fully saturated rings. The molecule has 0 radical (unpaired) electrons. The highest BCUT2D eigenvalue weighted by atomic mass is 35.5. The highest BCUT2D eigenvalue weighted by Crippen LogP contribution is 2.20. The molecule has 2 aromatic rings. The number of ether oxygens (including phenoxy) is 1. The molecule has 0 aromatic heterocycles. The summed E-state index contributed by atoms with van der Waals surface area (Å²) in [6.07, 6.45) is 0. The molecule has 26 heavy (non-hydrogen) atoms. The van der Waals surface area contributed by atoms with Gasteiger partial charge in [-0.15, -0.1) is 0 Å². The Hall–Kier alpha value is -2.52. The number of carbonyl (C=O) groups is 2. The van der Waals surface area contributed by atoms with E-state index in [2.05, 4.69) is 5.32 Å². The van der Waals surface area contributed by atoms with E-state index in [1.807, 2.05) is 0 Å². The average molecular weight is 404 g/mol. The predicted molar refractivity (Wildman–Crippen MR) is 90.0 cm³/mol. The normalized spacial score (nSPS) is 11.2. The molecule has 0 aliphatic heterocycles. The van der Waals surface area contributed by atoms with Crippen LogP contribution in [0.3, 0.4) is 0 Å². The van der Waals surface area contributed by atoms with Crippen LogP contribution in [0.2, 0.25) is 5.02 Å². The lowest BCUT2D eigenvalue weighted by Gasteiger charge is -2.08. The van der Waals surface area contributed by atoms with Crippen molar-refractivity contribution in [3.8, 4) is 0 Å². The number of hydrogen-bond acceptors (Lipinski definition) is 5. The maximum absolute atomic E-state index is 12.4. The van der Waals surface area contributed by atoms with Gasteiger partial charge >= 0.3 is 11.7 Å². The molecular formula is C16H12ClF2NO5S. The summed E-state index contributed by atoms with van der Waals surface area (Å²) in [6, 6.07) is 10.0. The first kappa shape index (κ1) is 19.8. The molecule has 138 valence electrons. The molecule has 0 heterocycles. The summed E-state index contributed by atoms with van der Waals surface area (Å²) in [5.74, 6) is -4.94. The zero-order valence-corrected chi connectivity index (χ0v) is 14.6. The van der Waals surface area contributed by atoms with Crippen LogP contribution >= 0.6 is 11.6 Å². The fourth-order valence-corrected chi connectivity index (χ4v) is 2.68. The van der Waals surface area contributed by atoms with Crippen LogP contribution in [-0.4, -0.2) is 32.7 Å². The Balaban J connectivity index is 1.91. The molecule has 0 saturated heterocycles. The molecule has 0 bridgehead atoms. The number of halogens is 3. The van der Waals surface area contributed by atoms with Crippen LogP contribution in [0.15, 0.2) is 53.4 Å². The van der Waals surface area contributed by atoms with Gasteiger partial charge in [-0.2, -0.15) is 8.78 Å². The molecule has 0 unspecified atom stereocenters. The summed E-state index contributed by atoms with van der Waals surface area (Å²) in [5, 5.41) is 2.79. The Morgan fingerprint density at radius 1 is 1.04 bits per heavy atom. The van der Waals surface area contributed by atoms with Crippen molar-refractivity contribution in [3.63, 3.8) is 0 Å². The molecule has 0 aliphatic carbocycles. The van der Waals surface area contributed by atoms with Crippen molar-refractivity contribution in [3.05, 3.63) is 59.1 Å². The van der Waals surface area contributed by atoms with Crippen LogP contribution in [0.25, 0.3) is 0 Å². The van der Waals surface area contributed by atoms with Gasteiger partial charge in [-0.25, -0.2) is 13.2 Å². The van der Waals surface area contributed by atoms with E-state index in [-0.39, 0.29) is 11.3 Å². The number of benzene rings is 2. The number of esters is 1. The average Bonchev–Trinajstić information content (AvgIpc) is 2.60. The Kier molecular flexibility index (Phi) is 6.27. The van der Waals surface area contributed by atoms with E-state index in [9.17, 15) is 26.8 Å². The van der Waals surface area contributed by atoms with Gasteiger partial charge in [-0.3, -0.25) is 4.79 Å². The van der Waals surface area contributed by atoms with Crippen molar-refractivity contribution in [1.82, 2.24) is 0 Å². The first-order chi connectivity index (χ1) is 12.2. The minimum absolute atomic E-state index is 0.158. The van der Waals surface area contributed by atoms with E-state index in [1.165, 1.54) is 24.3 Å². The smallest absolute Gasteiger partial charge is 0.341 e. The Labute approximate surface area is 152 Å². The van der Waals surface area contributed by atoms with Gasteiger partial charge in [0.05, 0.1) is 10.5 Å². The highest BCUT2D eigenvalue weighted by molar-refractivity contribution is 7.91. The fraction of sp³-hybridized carbons (Fsp3) is 0.125. The van der Waals surface area contributed by atoms with Crippen molar-refractivity contribution in [2.75, 3.05) is 11.9 Å². The highest BCUT2D eigenvalue weighted by Gasteiger charge is 2.26. The number of hydrogen-bond donors (Lipinski definition) is 1. The molecule has 10 heteroatoms. The molecule has 1 N–H and O–H groups in total. The monoisotopic (exact) mass is 403 g/mol. The predicted octanol–water partition coefficient (Wildman–Crippen LogP) is 3.13. The molecular weight excluding hydrogens is 392 g/mol. The van der Waals surface area contributed by atoms with Crippen LogP contribution in [0.5, 0.6) is 0 Å². The van der Waals surface area contributed by atoms with Gasteiger partial charge in [0.25, 0.3) is 5.91 Å². The number of rotatable bonds is 6. The molecule has 0 saturated carbocycles. The van der Waals surface area contributed by atoms with Gasteiger partial charge in [0.1, 0.15) is 0 Å². The van der Waals surface area contributed by atoms with Crippen LogP contribution < -0.4 is 5.32 Å². The maximum Gasteiger partial charge on any atom is 0.341 e. The zero-order valence-electron chi connectivity index (χ0n) is 13.0.